The number of hydrogen-bond acceptors (Lipinski definition) is 5. The van der Waals surface area contributed by atoms with Gasteiger partial charge in [0.2, 0.25) is 5.91 Å². The van der Waals surface area contributed by atoms with Crippen LogP contribution in [0.25, 0.3) is 0 Å². The van der Waals surface area contributed by atoms with Gasteiger partial charge in [0.15, 0.2) is 0 Å². The van der Waals surface area contributed by atoms with Crippen molar-refractivity contribution in [3.8, 4) is 5.75 Å². The molecule has 2 saturated heterocycles. The summed E-state index contributed by atoms with van der Waals surface area (Å²) in [5.74, 6) is 0.525. The number of amides is 2. The number of likely N-dealkylation sites (tertiary alicyclic amines) is 1. The van der Waals surface area contributed by atoms with Crippen LogP contribution < -0.4 is 15.4 Å². The van der Waals surface area contributed by atoms with Crippen LogP contribution in [0.2, 0.25) is 0 Å². The number of allylic oxidation sites excluding steroid dienone is 1. The van der Waals surface area contributed by atoms with E-state index in [1.54, 1.807) is 4.90 Å². The summed E-state index contributed by atoms with van der Waals surface area (Å²) < 4.78 is 6.69. The molecule has 41 heavy (non-hydrogen) atoms. The molecule has 0 radical (unpaired) electrons. The summed E-state index contributed by atoms with van der Waals surface area (Å²) >= 11 is 0. The average Bonchev–Trinajstić information content (AvgIpc) is 3.30. The van der Waals surface area contributed by atoms with Crippen molar-refractivity contribution in [2.75, 3.05) is 19.6 Å². The van der Waals surface area contributed by atoms with E-state index in [4.69, 9.17) is 4.74 Å². The smallest absolute Gasteiger partial charge is 0.255 e. The second kappa shape index (κ2) is 12.3. The highest BCUT2D eigenvalue weighted by Gasteiger charge is 2.38. The van der Waals surface area contributed by atoms with E-state index in [1.165, 1.54) is 11.1 Å². The normalized spacial score (nSPS) is 22.9. The van der Waals surface area contributed by atoms with Crippen LogP contribution in [0.4, 0.5) is 0 Å². The van der Waals surface area contributed by atoms with Crippen molar-refractivity contribution in [2.45, 2.75) is 57.0 Å². The quantitative estimate of drug-likeness (QED) is 0.416. The molecule has 0 spiro atoms. The Morgan fingerprint density at radius 3 is 2.46 bits per heavy atom. The van der Waals surface area contributed by atoms with Crippen molar-refractivity contribution in [1.29, 1.82) is 0 Å². The van der Waals surface area contributed by atoms with Crippen LogP contribution in [0, 0.1) is 0 Å². The summed E-state index contributed by atoms with van der Waals surface area (Å²) in [5, 5.41) is 6.59. The molecule has 0 aromatic heterocycles. The fourth-order valence-corrected chi connectivity index (χ4v) is 6.24. The molecule has 0 saturated carbocycles. The molecular formula is C34H38N4O3. The molecule has 3 unspecified atom stereocenters. The third-order valence-corrected chi connectivity index (χ3v) is 8.45. The summed E-state index contributed by atoms with van der Waals surface area (Å²) in [6.07, 6.45) is 3.21. The molecule has 3 heterocycles. The van der Waals surface area contributed by atoms with Crippen LogP contribution in [-0.4, -0.2) is 59.4 Å². The number of nitrogens with zero attached hydrogens (tertiary/aromatic N) is 2. The van der Waals surface area contributed by atoms with E-state index in [1.807, 2.05) is 24.3 Å². The molecule has 3 atom stereocenters. The van der Waals surface area contributed by atoms with Crippen molar-refractivity contribution < 1.29 is 14.3 Å². The number of piperidine rings is 2. The molecular weight excluding hydrogens is 512 g/mol. The molecule has 0 bridgehead atoms. The SMILES string of the molecule is C=C1CCC(N2Cc3cc(OC4CN(Cc5ccccc5)CCC4NCCc4ccccc4)ccc3C2=O)C(=O)N1. The van der Waals surface area contributed by atoms with Crippen molar-refractivity contribution in [3.05, 3.63) is 113 Å². The van der Waals surface area contributed by atoms with Gasteiger partial charge in [-0.3, -0.25) is 14.5 Å². The zero-order chi connectivity index (χ0) is 28.2. The summed E-state index contributed by atoms with van der Waals surface area (Å²) in [6.45, 7) is 7.86. The highest BCUT2D eigenvalue weighted by Crippen LogP contribution is 2.31. The van der Waals surface area contributed by atoms with Crippen LogP contribution in [-0.2, 0) is 24.3 Å². The minimum absolute atomic E-state index is 0.0374. The largest absolute Gasteiger partial charge is 0.487 e. The molecule has 212 valence electrons. The Balaban J connectivity index is 1.15. The molecule has 7 heteroatoms. The number of ether oxygens (including phenoxy) is 1. The fourth-order valence-electron chi connectivity index (χ4n) is 6.24. The lowest BCUT2D eigenvalue weighted by atomic mass is 10.00. The topological polar surface area (TPSA) is 73.9 Å². The Bertz CT molecular complexity index is 1390. The first-order chi connectivity index (χ1) is 20.0. The number of nitrogens with one attached hydrogen (secondary N) is 2. The molecule has 3 aromatic carbocycles. The highest BCUT2D eigenvalue weighted by molar-refractivity contribution is 6.01. The van der Waals surface area contributed by atoms with Gasteiger partial charge in [-0.1, -0.05) is 67.2 Å². The van der Waals surface area contributed by atoms with Crippen LogP contribution in [0.15, 0.2) is 91.1 Å². The highest BCUT2D eigenvalue weighted by atomic mass is 16.5. The molecule has 2 fully saturated rings. The summed E-state index contributed by atoms with van der Waals surface area (Å²) in [7, 11) is 0. The van der Waals surface area contributed by atoms with Gasteiger partial charge in [-0.25, -0.2) is 0 Å². The van der Waals surface area contributed by atoms with Gasteiger partial charge < -0.3 is 20.3 Å². The van der Waals surface area contributed by atoms with Gasteiger partial charge in [-0.05, 0) is 67.1 Å². The zero-order valence-electron chi connectivity index (χ0n) is 23.4. The Morgan fingerprint density at radius 2 is 1.71 bits per heavy atom. The molecule has 2 N–H and O–H groups in total. The van der Waals surface area contributed by atoms with Gasteiger partial charge in [0, 0.05) is 43.5 Å². The lowest BCUT2D eigenvalue weighted by Gasteiger charge is -2.39. The van der Waals surface area contributed by atoms with E-state index in [0.29, 0.717) is 30.6 Å². The van der Waals surface area contributed by atoms with E-state index in [-0.39, 0.29) is 24.0 Å². The van der Waals surface area contributed by atoms with Crippen molar-refractivity contribution >= 4 is 11.8 Å². The number of fused-ring (bicyclic) bond motifs is 1. The summed E-state index contributed by atoms with van der Waals surface area (Å²) in [4.78, 5) is 29.9. The molecule has 3 aliphatic heterocycles. The maximum atomic E-state index is 13.2. The van der Waals surface area contributed by atoms with Gasteiger partial charge in [0.25, 0.3) is 5.91 Å². The average molecular weight is 551 g/mol. The number of carbonyl (C=O) groups excluding carboxylic acids is 2. The minimum atomic E-state index is -0.465. The van der Waals surface area contributed by atoms with Gasteiger partial charge in [-0.2, -0.15) is 0 Å². The van der Waals surface area contributed by atoms with Gasteiger partial charge in [-0.15, -0.1) is 0 Å². The van der Waals surface area contributed by atoms with Gasteiger partial charge >= 0.3 is 0 Å². The zero-order valence-corrected chi connectivity index (χ0v) is 23.4. The van der Waals surface area contributed by atoms with Crippen LogP contribution in [0.5, 0.6) is 5.75 Å². The van der Waals surface area contributed by atoms with E-state index in [9.17, 15) is 9.59 Å². The first kappa shape index (κ1) is 27.2. The Morgan fingerprint density at radius 1 is 0.951 bits per heavy atom. The molecule has 6 rings (SSSR count). The number of hydrogen-bond donors (Lipinski definition) is 2. The lowest BCUT2D eigenvalue weighted by molar-refractivity contribution is -0.126. The number of rotatable bonds is 9. The Hall–Kier alpha value is -3.94. The third kappa shape index (κ3) is 6.37. The number of carbonyl (C=O) groups is 2. The van der Waals surface area contributed by atoms with Crippen molar-refractivity contribution in [3.63, 3.8) is 0 Å². The molecule has 7 nitrogen and oxygen atoms in total. The molecule has 3 aliphatic rings. The van der Waals surface area contributed by atoms with Crippen LogP contribution in [0.3, 0.4) is 0 Å². The van der Waals surface area contributed by atoms with Crippen molar-refractivity contribution in [2.24, 2.45) is 0 Å². The summed E-state index contributed by atoms with van der Waals surface area (Å²) in [6, 6.07) is 26.6. The standard InChI is InChI=1S/C34H38N4O3/c1-24-12-15-31(33(39)36-24)38-22-27-20-28(13-14-29(27)34(38)40)41-32-23-37(21-26-10-6-3-7-11-26)19-17-30(32)35-18-16-25-8-4-2-5-9-25/h2-11,13-14,20,30-32,35H,1,12,15-19,21-23H2,(H,36,39). The van der Waals surface area contributed by atoms with Crippen molar-refractivity contribution in [1.82, 2.24) is 20.4 Å². The Labute approximate surface area is 242 Å². The van der Waals surface area contributed by atoms with E-state index >= 15 is 0 Å². The summed E-state index contributed by atoms with van der Waals surface area (Å²) in [5.41, 5.74) is 4.90. The second-order valence-corrected chi connectivity index (χ2v) is 11.4. The maximum absolute atomic E-state index is 13.2. The minimum Gasteiger partial charge on any atom is -0.487 e. The molecule has 2 amide bonds. The first-order valence-electron chi connectivity index (χ1n) is 14.7. The van der Waals surface area contributed by atoms with E-state index in [2.05, 4.69) is 76.7 Å². The van der Waals surface area contributed by atoms with Gasteiger partial charge in [0.05, 0.1) is 0 Å². The lowest BCUT2D eigenvalue weighted by Crippen LogP contribution is -2.55. The fraction of sp³-hybridized carbons (Fsp3) is 0.353. The van der Waals surface area contributed by atoms with E-state index in [0.717, 1.165) is 50.3 Å². The predicted molar refractivity (Wildman–Crippen MR) is 159 cm³/mol. The molecule has 3 aromatic rings. The monoisotopic (exact) mass is 550 g/mol. The van der Waals surface area contributed by atoms with E-state index < -0.39 is 6.04 Å². The Kier molecular flexibility index (Phi) is 8.16. The molecule has 0 aliphatic carbocycles. The second-order valence-electron chi connectivity index (χ2n) is 11.4. The number of benzene rings is 3. The first-order valence-corrected chi connectivity index (χ1v) is 14.7. The maximum Gasteiger partial charge on any atom is 0.255 e. The predicted octanol–water partition coefficient (Wildman–Crippen LogP) is 4.29. The third-order valence-electron chi connectivity index (χ3n) is 8.45. The van der Waals surface area contributed by atoms with Crippen LogP contribution in [0.1, 0.15) is 46.3 Å². The van der Waals surface area contributed by atoms with Gasteiger partial charge in [0.1, 0.15) is 17.9 Å². The van der Waals surface area contributed by atoms with Crippen LogP contribution >= 0.6 is 0 Å².